The van der Waals surface area contributed by atoms with E-state index in [-0.39, 0.29) is 5.91 Å². The Morgan fingerprint density at radius 3 is 2.39 bits per heavy atom. The highest BCUT2D eigenvalue weighted by Gasteiger charge is 2.32. The molecule has 0 spiro atoms. The van der Waals surface area contributed by atoms with E-state index in [0.717, 1.165) is 28.2 Å². The van der Waals surface area contributed by atoms with Crippen LogP contribution in [0.1, 0.15) is 28.1 Å². The Morgan fingerprint density at radius 2 is 1.71 bits per heavy atom. The summed E-state index contributed by atoms with van der Waals surface area (Å²) in [6.45, 7) is 6.56. The van der Waals surface area contributed by atoms with Gasteiger partial charge in [0.1, 0.15) is 4.32 Å². The van der Waals surface area contributed by atoms with E-state index in [0.29, 0.717) is 25.8 Å². The molecule has 0 radical (unpaired) electrons. The van der Waals surface area contributed by atoms with E-state index in [1.165, 1.54) is 17.3 Å². The van der Waals surface area contributed by atoms with Crippen molar-refractivity contribution >= 4 is 63.5 Å². The van der Waals surface area contributed by atoms with Gasteiger partial charge in [0, 0.05) is 17.1 Å². The molecule has 1 aromatic heterocycles. The van der Waals surface area contributed by atoms with E-state index in [2.05, 4.69) is 10.6 Å². The SMILES string of the molecule is Cc1ccc(CN2C(=O)/C(=C/c3cc(C)n(-c4ccc(Cl)c(Cl)c4)c3C)SC2=S)cc1. The maximum absolute atomic E-state index is 13.1. The van der Waals surface area contributed by atoms with Gasteiger partial charge in [-0.2, -0.15) is 0 Å². The molecule has 3 nitrogen and oxygen atoms in total. The van der Waals surface area contributed by atoms with Crippen LogP contribution in [0.3, 0.4) is 0 Å². The summed E-state index contributed by atoms with van der Waals surface area (Å²) < 4.78 is 2.68. The van der Waals surface area contributed by atoms with Gasteiger partial charge in [-0.1, -0.05) is 77.0 Å². The van der Waals surface area contributed by atoms with Gasteiger partial charge in [-0.15, -0.1) is 0 Å². The zero-order valence-corrected chi connectivity index (χ0v) is 20.4. The molecule has 0 unspecified atom stereocenters. The molecule has 31 heavy (non-hydrogen) atoms. The highest BCUT2D eigenvalue weighted by atomic mass is 35.5. The lowest BCUT2D eigenvalue weighted by molar-refractivity contribution is -0.122. The van der Waals surface area contributed by atoms with Crippen molar-refractivity contribution in [3.63, 3.8) is 0 Å². The minimum absolute atomic E-state index is 0.0603. The summed E-state index contributed by atoms with van der Waals surface area (Å²) in [6.07, 6.45) is 1.92. The number of benzene rings is 2. The molecule has 2 heterocycles. The third kappa shape index (κ3) is 4.46. The van der Waals surface area contributed by atoms with E-state index < -0.39 is 0 Å². The maximum Gasteiger partial charge on any atom is 0.266 e. The Kier molecular flexibility index (Phi) is 6.31. The normalized spacial score (nSPS) is 15.4. The van der Waals surface area contributed by atoms with Gasteiger partial charge in [-0.05, 0) is 62.2 Å². The molecule has 0 bridgehead atoms. The first-order chi connectivity index (χ1) is 14.7. The van der Waals surface area contributed by atoms with Crippen molar-refractivity contribution in [1.29, 1.82) is 0 Å². The van der Waals surface area contributed by atoms with E-state index in [1.54, 1.807) is 11.0 Å². The fraction of sp³-hybridized carbons (Fsp3) is 0.167. The van der Waals surface area contributed by atoms with Gasteiger partial charge in [0.15, 0.2) is 0 Å². The standard InChI is InChI=1S/C24H20Cl2N2OS2/c1-14-4-6-17(7-5-14)13-27-23(29)22(31-24(27)30)11-18-10-15(2)28(16(18)3)19-8-9-20(25)21(26)12-19/h4-12H,13H2,1-3H3/b22-11-. The van der Waals surface area contributed by atoms with Crippen LogP contribution in [0.25, 0.3) is 11.8 Å². The molecule has 1 aliphatic heterocycles. The highest BCUT2D eigenvalue weighted by molar-refractivity contribution is 8.26. The fourth-order valence-electron chi connectivity index (χ4n) is 3.61. The number of amides is 1. The molecule has 7 heteroatoms. The zero-order valence-electron chi connectivity index (χ0n) is 17.3. The largest absolute Gasteiger partial charge is 0.318 e. The van der Waals surface area contributed by atoms with Gasteiger partial charge in [0.05, 0.1) is 21.5 Å². The van der Waals surface area contributed by atoms with Gasteiger partial charge in [0.25, 0.3) is 5.91 Å². The van der Waals surface area contributed by atoms with Gasteiger partial charge in [0.2, 0.25) is 0 Å². The number of aryl methyl sites for hydroxylation is 2. The summed E-state index contributed by atoms with van der Waals surface area (Å²) >= 11 is 19.1. The molecule has 0 aliphatic carbocycles. The van der Waals surface area contributed by atoms with Crippen LogP contribution in [-0.2, 0) is 11.3 Å². The summed E-state index contributed by atoms with van der Waals surface area (Å²) in [7, 11) is 0. The van der Waals surface area contributed by atoms with Crippen LogP contribution < -0.4 is 0 Å². The second kappa shape index (κ2) is 8.83. The fourth-order valence-corrected chi connectivity index (χ4v) is 5.15. The van der Waals surface area contributed by atoms with Gasteiger partial charge in [-0.25, -0.2) is 0 Å². The molecule has 0 atom stereocenters. The average molecular weight is 487 g/mol. The number of hydrogen-bond donors (Lipinski definition) is 0. The minimum Gasteiger partial charge on any atom is -0.318 e. The molecular weight excluding hydrogens is 467 g/mol. The first-order valence-electron chi connectivity index (χ1n) is 9.70. The number of hydrogen-bond acceptors (Lipinski definition) is 3. The van der Waals surface area contributed by atoms with E-state index >= 15 is 0 Å². The van der Waals surface area contributed by atoms with E-state index in [1.807, 2.05) is 63.2 Å². The number of thiocarbonyl (C=S) groups is 1. The Bertz CT molecular complexity index is 1230. The topological polar surface area (TPSA) is 25.2 Å². The summed E-state index contributed by atoms with van der Waals surface area (Å²) in [5, 5.41) is 1.02. The minimum atomic E-state index is -0.0603. The Labute approximate surface area is 201 Å². The van der Waals surface area contributed by atoms with Crippen molar-refractivity contribution in [2.75, 3.05) is 0 Å². The molecular formula is C24H20Cl2N2OS2. The van der Waals surface area contributed by atoms with Crippen LogP contribution >= 0.6 is 47.2 Å². The second-order valence-corrected chi connectivity index (χ2v) is 10.0. The third-order valence-corrected chi connectivity index (χ3v) is 7.37. The summed E-state index contributed by atoms with van der Waals surface area (Å²) in [5.41, 5.74) is 6.19. The van der Waals surface area contributed by atoms with E-state index in [9.17, 15) is 4.79 Å². The quantitative estimate of drug-likeness (QED) is 0.290. The first-order valence-corrected chi connectivity index (χ1v) is 11.7. The number of carbonyl (C=O) groups is 1. The lowest BCUT2D eigenvalue weighted by Gasteiger charge is -2.14. The molecule has 0 saturated carbocycles. The van der Waals surface area contributed by atoms with Gasteiger partial charge < -0.3 is 4.57 Å². The van der Waals surface area contributed by atoms with Crippen molar-refractivity contribution in [2.45, 2.75) is 27.3 Å². The summed E-state index contributed by atoms with van der Waals surface area (Å²) in [6, 6.07) is 15.8. The Hall–Kier alpha value is -2.05. The molecule has 158 valence electrons. The highest BCUT2D eigenvalue weighted by Crippen LogP contribution is 2.35. The van der Waals surface area contributed by atoms with Crippen molar-refractivity contribution in [3.8, 4) is 5.69 Å². The van der Waals surface area contributed by atoms with Crippen LogP contribution in [0.5, 0.6) is 0 Å². The van der Waals surface area contributed by atoms with Crippen molar-refractivity contribution in [2.24, 2.45) is 0 Å². The van der Waals surface area contributed by atoms with Crippen LogP contribution in [0.2, 0.25) is 10.0 Å². The van der Waals surface area contributed by atoms with Crippen LogP contribution in [0.4, 0.5) is 0 Å². The molecule has 0 N–H and O–H groups in total. The summed E-state index contributed by atoms with van der Waals surface area (Å²) in [4.78, 5) is 15.3. The number of thioether (sulfide) groups is 1. The first kappa shape index (κ1) is 22.2. The monoisotopic (exact) mass is 486 g/mol. The third-order valence-electron chi connectivity index (χ3n) is 5.25. The molecule has 1 saturated heterocycles. The van der Waals surface area contributed by atoms with Crippen molar-refractivity contribution in [1.82, 2.24) is 9.47 Å². The Balaban J connectivity index is 1.63. The molecule has 1 amide bonds. The van der Waals surface area contributed by atoms with Crippen LogP contribution in [0.15, 0.2) is 53.4 Å². The smallest absolute Gasteiger partial charge is 0.266 e. The summed E-state index contributed by atoms with van der Waals surface area (Å²) in [5.74, 6) is -0.0603. The van der Waals surface area contributed by atoms with Crippen LogP contribution in [0, 0.1) is 20.8 Å². The lowest BCUT2D eigenvalue weighted by Crippen LogP contribution is -2.27. The maximum atomic E-state index is 13.1. The molecule has 1 aliphatic rings. The molecule has 4 rings (SSSR count). The zero-order chi connectivity index (χ0) is 22.3. The number of halogens is 2. The van der Waals surface area contributed by atoms with Crippen LogP contribution in [-0.4, -0.2) is 19.7 Å². The van der Waals surface area contributed by atoms with Gasteiger partial charge >= 0.3 is 0 Å². The van der Waals surface area contributed by atoms with Crippen molar-refractivity contribution in [3.05, 3.63) is 91.6 Å². The predicted molar refractivity (Wildman–Crippen MR) is 135 cm³/mol. The molecule has 3 aromatic rings. The number of nitrogens with zero attached hydrogens (tertiary/aromatic N) is 2. The predicted octanol–water partition coefficient (Wildman–Crippen LogP) is 7.11. The van der Waals surface area contributed by atoms with E-state index in [4.69, 9.17) is 35.4 Å². The number of carbonyl (C=O) groups excluding carboxylic acids is 1. The molecule has 2 aromatic carbocycles. The number of aromatic nitrogens is 1. The van der Waals surface area contributed by atoms with Gasteiger partial charge in [-0.3, -0.25) is 9.69 Å². The van der Waals surface area contributed by atoms with Crippen molar-refractivity contribution < 1.29 is 4.79 Å². The number of rotatable bonds is 4. The molecule has 1 fully saturated rings. The second-order valence-electron chi connectivity index (χ2n) is 7.51. The lowest BCUT2D eigenvalue weighted by atomic mass is 10.1. The average Bonchev–Trinajstić information content (AvgIpc) is 3.15. The Morgan fingerprint density at radius 1 is 1.00 bits per heavy atom.